The van der Waals surface area contributed by atoms with E-state index in [0.717, 1.165) is 57.4 Å². The third-order valence-electron chi connectivity index (χ3n) is 6.01. The Labute approximate surface area is 178 Å². The quantitative estimate of drug-likeness (QED) is 0.742. The summed E-state index contributed by atoms with van der Waals surface area (Å²) in [5.74, 6) is 2.45. The molecule has 1 amide bonds. The lowest BCUT2D eigenvalue weighted by Crippen LogP contribution is -2.49. The Kier molecular flexibility index (Phi) is 6.32. The zero-order valence-electron chi connectivity index (χ0n) is 17.8. The molecule has 8 heteroatoms. The van der Waals surface area contributed by atoms with Crippen LogP contribution in [-0.2, 0) is 0 Å². The van der Waals surface area contributed by atoms with E-state index >= 15 is 0 Å². The van der Waals surface area contributed by atoms with Crippen LogP contribution in [0.15, 0.2) is 36.4 Å². The Bertz CT molecular complexity index is 843. The number of rotatable bonds is 5. The summed E-state index contributed by atoms with van der Waals surface area (Å²) in [6, 6.07) is 11.5. The Hall–Kier alpha value is -2.87. The zero-order valence-corrected chi connectivity index (χ0v) is 17.8. The summed E-state index contributed by atoms with van der Waals surface area (Å²) in [5.41, 5.74) is 0.612. The first-order valence-corrected chi connectivity index (χ1v) is 10.7. The summed E-state index contributed by atoms with van der Waals surface area (Å²) in [7, 11) is 1.59. The third kappa shape index (κ3) is 4.33. The lowest BCUT2D eigenvalue weighted by atomic mass is 10.1. The highest BCUT2D eigenvalue weighted by atomic mass is 16.5. The van der Waals surface area contributed by atoms with Gasteiger partial charge in [0.05, 0.1) is 12.7 Å². The van der Waals surface area contributed by atoms with E-state index in [-0.39, 0.29) is 5.91 Å². The molecule has 3 heterocycles. The molecule has 1 aromatic heterocycles. The Morgan fingerprint density at radius 1 is 0.867 bits per heavy atom. The fourth-order valence-electron chi connectivity index (χ4n) is 4.08. The van der Waals surface area contributed by atoms with Gasteiger partial charge >= 0.3 is 0 Å². The molecule has 0 N–H and O–H groups in total. The van der Waals surface area contributed by atoms with E-state index in [9.17, 15) is 4.79 Å². The Morgan fingerprint density at radius 2 is 1.43 bits per heavy atom. The van der Waals surface area contributed by atoms with Crippen LogP contribution in [0.4, 0.5) is 11.6 Å². The lowest BCUT2D eigenvalue weighted by Gasteiger charge is -2.36. The minimum Gasteiger partial charge on any atom is -0.496 e. The third-order valence-corrected chi connectivity index (χ3v) is 6.01. The van der Waals surface area contributed by atoms with Crippen LogP contribution in [0.3, 0.4) is 0 Å². The molecule has 0 spiro atoms. The smallest absolute Gasteiger partial charge is 0.257 e. The Balaban J connectivity index is 1.33. The van der Waals surface area contributed by atoms with Crippen molar-refractivity contribution in [3.63, 3.8) is 0 Å². The maximum atomic E-state index is 12.9. The van der Waals surface area contributed by atoms with E-state index < -0.39 is 0 Å². The molecule has 160 valence electrons. The van der Waals surface area contributed by atoms with Crippen molar-refractivity contribution in [2.45, 2.75) is 6.92 Å². The maximum Gasteiger partial charge on any atom is 0.257 e. The van der Waals surface area contributed by atoms with E-state index in [1.807, 2.05) is 35.2 Å². The number of methoxy groups -OCH3 is 1. The molecule has 2 saturated heterocycles. The first-order valence-electron chi connectivity index (χ1n) is 10.7. The van der Waals surface area contributed by atoms with Crippen molar-refractivity contribution < 1.29 is 9.53 Å². The number of amides is 1. The number of carbonyl (C=O) groups excluding carboxylic acids is 1. The van der Waals surface area contributed by atoms with E-state index in [0.29, 0.717) is 24.4 Å². The first kappa shape index (κ1) is 20.4. The minimum absolute atomic E-state index is 0.0137. The summed E-state index contributed by atoms with van der Waals surface area (Å²) in [6.45, 7) is 10.2. The number of ether oxygens (including phenoxy) is 1. The van der Waals surface area contributed by atoms with Gasteiger partial charge in [0.1, 0.15) is 5.75 Å². The van der Waals surface area contributed by atoms with E-state index in [2.05, 4.69) is 37.9 Å². The molecule has 1 aromatic carbocycles. The highest BCUT2D eigenvalue weighted by molar-refractivity contribution is 5.97. The summed E-state index contributed by atoms with van der Waals surface area (Å²) in [4.78, 5) is 21.7. The largest absolute Gasteiger partial charge is 0.496 e. The predicted octanol–water partition coefficient (Wildman–Crippen LogP) is 1.59. The van der Waals surface area contributed by atoms with Crippen molar-refractivity contribution in [1.29, 1.82) is 0 Å². The number of nitrogens with zero attached hydrogens (tertiary/aromatic N) is 6. The highest BCUT2D eigenvalue weighted by Gasteiger charge is 2.25. The second-order valence-corrected chi connectivity index (χ2v) is 7.65. The normalized spacial score (nSPS) is 17.9. The molecule has 0 bridgehead atoms. The van der Waals surface area contributed by atoms with Gasteiger partial charge in [-0.2, -0.15) is 0 Å². The second kappa shape index (κ2) is 9.30. The first-order chi connectivity index (χ1) is 14.7. The molecule has 4 rings (SSSR count). The van der Waals surface area contributed by atoms with Gasteiger partial charge in [0.2, 0.25) is 0 Å². The van der Waals surface area contributed by atoms with Gasteiger partial charge in [-0.1, -0.05) is 19.1 Å². The average molecular weight is 411 g/mol. The van der Waals surface area contributed by atoms with Gasteiger partial charge in [-0.25, -0.2) is 0 Å². The lowest BCUT2D eigenvalue weighted by molar-refractivity contribution is 0.0743. The van der Waals surface area contributed by atoms with E-state index in [1.54, 1.807) is 7.11 Å². The molecule has 0 saturated carbocycles. The molecule has 2 aromatic rings. The van der Waals surface area contributed by atoms with E-state index in [4.69, 9.17) is 4.74 Å². The van der Waals surface area contributed by atoms with Crippen LogP contribution in [0, 0.1) is 0 Å². The van der Waals surface area contributed by atoms with Crippen LogP contribution >= 0.6 is 0 Å². The highest BCUT2D eigenvalue weighted by Crippen LogP contribution is 2.22. The standard InChI is InChI=1S/C22H30N6O2/c1-3-25-10-12-26(13-11-25)20-8-9-21(24-23-20)27-14-16-28(17-15-27)22(29)18-6-4-5-7-19(18)30-2/h4-9H,3,10-17H2,1-2H3. The number of hydrogen-bond donors (Lipinski definition) is 0. The van der Waals surface area contributed by atoms with Gasteiger partial charge in [-0.3, -0.25) is 4.79 Å². The minimum atomic E-state index is 0.0137. The number of hydrogen-bond acceptors (Lipinski definition) is 7. The van der Waals surface area contributed by atoms with Crippen LogP contribution in [0.25, 0.3) is 0 Å². The van der Waals surface area contributed by atoms with Crippen molar-refractivity contribution in [2.24, 2.45) is 0 Å². The molecule has 30 heavy (non-hydrogen) atoms. The number of carbonyl (C=O) groups is 1. The number of likely N-dealkylation sites (N-methyl/N-ethyl adjacent to an activating group) is 1. The van der Waals surface area contributed by atoms with Gasteiger partial charge in [0, 0.05) is 52.4 Å². The maximum absolute atomic E-state index is 12.9. The van der Waals surface area contributed by atoms with E-state index in [1.165, 1.54) is 0 Å². The monoisotopic (exact) mass is 410 g/mol. The molecular weight excluding hydrogens is 380 g/mol. The fraction of sp³-hybridized carbons (Fsp3) is 0.500. The van der Waals surface area contributed by atoms with Gasteiger partial charge < -0.3 is 24.3 Å². The van der Waals surface area contributed by atoms with Crippen molar-refractivity contribution in [3.8, 4) is 5.75 Å². The van der Waals surface area contributed by atoms with Crippen LogP contribution < -0.4 is 14.5 Å². The van der Waals surface area contributed by atoms with Crippen molar-refractivity contribution in [2.75, 3.05) is 75.8 Å². The van der Waals surface area contributed by atoms with Gasteiger partial charge in [-0.05, 0) is 30.8 Å². The molecule has 2 aliphatic rings. The van der Waals surface area contributed by atoms with Crippen molar-refractivity contribution >= 4 is 17.5 Å². The predicted molar refractivity (Wildman–Crippen MR) is 117 cm³/mol. The van der Waals surface area contributed by atoms with Crippen molar-refractivity contribution in [3.05, 3.63) is 42.0 Å². The number of aromatic nitrogens is 2. The molecule has 2 aliphatic heterocycles. The van der Waals surface area contributed by atoms with Gasteiger partial charge in [0.15, 0.2) is 11.6 Å². The summed E-state index contributed by atoms with van der Waals surface area (Å²) >= 11 is 0. The summed E-state index contributed by atoms with van der Waals surface area (Å²) < 4.78 is 5.34. The number of anilines is 2. The number of piperazine rings is 2. The molecule has 0 aliphatic carbocycles. The van der Waals surface area contributed by atoms with Crippen LogP contribution in [0.2, 0.25) is 0 Å². The summed E-state index contributed by atoms with van der Waals surface area (Å²) in [5, 5.41) is 8.94. The molecule has 8 nitrogen and oxygen atoms in total. The average Bonchev–Trinajstić information content (AvgIpc) is 2.84. The molecule has 0 unspecified atom stereocenters. The zero-order chi connectivity index (χ0) is 20.9. The SMILES string of the molecule is CCN1CCN(c2ccc(N3CCN(C(=O)c4ccccc4OC)CC3)nn2)CC1. The van der Waals surface area contributed by atoms with Crippen LogP contribution in [0.5, 0.6) is 5.75 Å². The van der Waals surface area contributed by atoms with Gasteiger partial charge in [-0.15, -0.1) is 10.2 Å². The second-order valence-electron chi connectivity index (χ2n) is 7.65. The molecular formula is C22H30N6O2. The number of para-hydroxylation sites is 1. The Morgan fingerprint density at radius 3 is 1.97 bits per heavy atom. The molecule has 2 fully saturated rings. The fourth-order valence-corrected chi connectivity index (χ4v) is 4.08. The van der Waals surface area contributed by atoms with Crippen LogP contribution in [0.1, 0.15) is 17.3 Å². The number of benzene rings is 1. The molecule has 0 radical (unpaired) electrons. The van der Waals surface area contributed by atoms with Crippen LogP contribution in [-0.4, -0.2) is 91.9 Å². The summed E-state index contributed by atoms with van der Waals surface area (Å²) in [6.07, 6.45) is 0. The van der Waals surface area contributed by atoms with Gasteiger partial charge in [0.25, 0.3) is 5.91 Å². The molecule has 0 atom stereocenters. The topological polar surface area (TPSA) is 65.0 Å². The van der Waals surface area contributed by atoms with Crippen molar-refractivity contribution in [1.82, 2.24) is 20.0 Å².